The van der Waals surface area contributed by atoms with Crippen molar-refractivity contribution in [1.82, 2.24) is 51.2 Å². The predicted molar refractivity (Wildman–Crippen MR) is 501 cm³/mol. The van der Waals surface area contributed by atoms with Gasteiger partial charge in [0.25, 0.3) is 17.7 Å². The Morgan fingerprint density at radius 3 is 1.15 bits per heavy atom. The number of rotatable bonds is 31. The number of hydrogen-bond donors (Lipinski definition) is 8. The highest BCUT2D eigenvalue weighted by atomic mass is 35.5. The second-order valence-corrected chi connectivity index (χ2v) is 31.7. The number of halogens is 10. The number of likely N-dealkylation sites (N-methyl/N-ethyl adjacent to an activating group) is 2. The van der Waals surface area contributed by atoms with Crippen molar-refractivity contribution >= 4 is 162 Å². The highest BCUT2D eigenvalue weighted by Crippen LogP contribution is 2.44. The number of esters is 1. The van der Waals surface area contributed by atoms with Crippen molar-refractivity contribution in [1.29, 1.82) is 0 Å². The zero-order valence-electron chi connectivity index (χ0n) is 69.9. The standard InChI is InChI=1S/C25H25Cl2F2N3O.C25H28Cl2N4O3.C22H25Cl2N5O.C21H16Cl2N2O3/c1-3-32(4-2)10-9-30-25(33)20-7-5-6-8-23(20)31-24-21(26)13-17(14-22(24)27)16-11-18(28)15-19(29)12-16;1-16-23(17(2)34-30-16)18-14-20(26)24(21(27)15-18)29-22-7-4-3-6-19(22)25(32)28-8-5-9-31-10-12-33-13-11-31;1-3-29(4-2)10-9-25-22(30)17-7-5-6-8-20(17)28-21-18(23)11-15(12-19(21)24)16-13-26-27-14-16;1-4-9-27-21(26)15-7-5-6-8-18(15)24-20-16(22)10-14(11-17(20)23)19-12(2)25-28-13(19)3/h5-8,11-15,31H,3-4,9-10H2,1-2H3,(H,30,33);3-4,6-7,14-15,29H,5,8-13H2,1-2H3,(H,28,32);5-8,11-14,28H,3-4,9-10H2,1-2H3,(H,25,30)(H,26,27);1,5-8,10-11,24H,9H2,2-3H3. The minimum absolute atomic E-state index is 0.110. The van der Waals surface area contributed by atoms with E-state index >= 15 is 0 Å². The van der Waals surface area contributed by atoms with E-state index in [2.05, 4.69) is 106 Å². The van der Waals surface area contributed by atoms with Gasteiger partial charge in [-0.25, -0.2) is 13.6 Å². The van der Waals surface area contributed by atoms with E-state index in [0.717, 1.165) is 129 Å². The molecule has 1 aliphatic rings. The number of hydrogen-bond acceptors (Lipinski definition) is 18. The van der Waals surface area contributed by atoms with Gasteiger partial charge in [-0.15, -0.1) is 6.42 Å². The number of carbonyl (C=O) groups excluding carboxylic acids is 4. The third-order valence-electron chi connectivity index (χ3n) is 20.1. The van der Waals surface area contributed by atoms with E-state index in [4.69, 9.17) is 118 Å². The summed E-state index contributed by atoms with van der Waals surface area (Å²) in [4.78, 5) is 57.5. The fourth-order valence-electron chi connectivity index (χ4n) is 13.5. The summed E-state index contributed by atoms with van der Waals surface area (Å²) in [6.07, 6.45) is 9.49. The fourth-order valence-corrected chi connectivity index (χ4v) is 15.9. The van der Waals surface area contributed by atoms with E-state index in [1.165, 1.54) is 12.1 Å². The minimum atomic E-state index is -0.694. The van der Waals surface area contributed by atoms with Gasteiger partial charge in [-0.2, -0.15) is 5.10 Å². The molecule has 9 aromatic carbocycles. The average molecular weight is 1860 g/mol. The number of terminal acetylenes is 1. The van der Waals surface area contributed by atoms with E-state index in [-0.39, 0.29) is 34.4 Å². The third kappa shape index (κ3) is 26.7. The number of benzene rings is 9. The molecule has 0 aliphatic carbocycles. The number of aromatic nitrogens is 4. The summed E-state index contributed by atoms with van der Waals surface area (Å²) in [5.74, 6) is 1.19. The van der Waals surface area contributed by atoms with Crippen molar-refractivity contribution in [3.8, 4) is 56.9 Å². The molecule has 3 amide bonds. The zero-order chi connectivity index (χ0) is 89.8. The summed E-state index contributed by atoms with van der Waals surface area (Å²) in [7, 11) is 0. The first kappa shape index (κ1) is 96.5. The predicted octanol–water partition coefficient (Wildman–Crippen LogP) is 23.2. The summed E-state index contributed by atoms with van der Waals surface area (Å²) in [5.41, 5.74) is 13.4. The van der Waals surface area contributed by atoms with Gasteiger partial charge in [0.1, 0.15) is 23.2 Å². The second-order valence-electron chi connectivity index (χ2n) is 28.4. The number of nitrogens with zero attached hydrogens (tertiary/aromatic N) is 6. The Hall–Kier alpha value is -10.7. The van der Waals surface area contributed by atoms with Crippen molar-refractivity contribution < 1.29 is 46.5 Å². The van der Waals surface area contributed by atoms with Gasteiger partial charge in [0.05, 0.1) is 139 Å². The van der Waals surface area contributed by atoms with E-state index in [1.807, 2.05) is 88.4 Å². The topological polar surface area (TPSA) is 261 Å². The van der Waals surface area contributed by atoms with E-state index in [0.29, 0.717) is 140 Å². The van der Waals surface area contributed by atoms with Gasteiger partial charge >= 0.3 is 5.97 Å². The quantitative estimate of drug-likeness (QED) is 0.0114. The smallest absolute Gasteiger partial charge is 0.341 e. The molecule has 4 heterocycles. The van der Waals surface area contributed by atoms with Crippen molar-refractivity contribution in [2.75, 3.05) is 120 Å². The Kier molecular flexibility index (Phi) is 36.7. The van der Waals surface area contributed by atoms with Crippen LogP contribution in [0.2, 0.25) is 40.2 Å². The first-order valence-electron chi connectivity index (χ1n) is 40.1. The van der Waals surface area contributed by atoms with E-state index < -0.39 is 17.6 Å². The SMILES string of the molecule is C#CCOC(=O)c1ccccc1Nc1c(Cl)cc(-c2c(C)noc2C)cc1Cl.CCN(CC)CCNC(=O)c1ccccc1Nc1c(Cl)cc(-c2cc(F)cc(F)c2)cc1Cl.CCN(CC)CCNC(=O)c1ccccc1Nc1c(Cl)cc(-c2cn[nH]c2)cc1Cl.Cc1noc(C)c1-c1cc(Cl)c(Nc2ccccc2C(=O)NCCCN2CCOCC2)c(Cl)c1. The Bertz CT molecular complexity index is 5610. The van der Waals surface area contributed by atoms with Gasteiger partial charge in [0.15, 0.2) is 6.61 Å². The second kappa shape index (κ2) is 47.6. The molecule has 654 valence electrons. The molecule has 125 heavy (non-hydrogen) atoms. The van der Waals surface area contributed by atoms with Crippen LogP contribution in [0.3, 0.4) is 0 Å². The molecule has 1 aliphatic heterocycles. The van der Waals surface area contributed by atoms with Crippen LogP contribution in [0.5, 0.6) is 0 Å². The highest BCUT2D eigenvalue weighted by Gasteiger charge is 2.24. The summed E-state index contributed by atoms with van der Waals surface area (Å²) < 4.78 is 48.1. The molecule has 0 unspecified atom stereocenters. The van der Waals surface area contributed by atoms with Crippen LogP contribution in [0.25, 0.3) is 44.5 Å². The number of aryl methyl sites for hydroxylation is 4. The van der Waals surface area contributed by atoms with Crippen LogP contribution in [0.1, 0.15) is 98.5 Å². The maximum absolute atomic E-state index is 13.6. The normalized spacial score (nSPS) is 11.7. The number of para-hydroxylation sites is 4. The van der Waals surface area contributed by atoms with Crippen molar-refractivity contribution in [3.05, 3.63) is 273 Å². The van der Waals surface area contributed by atoms with Crippen molar-refractivity contribution in [2.24, 2.45) is 0 Å². The zero-order valence-corrected chi connectivity index (χ0v) is 75.9. The summed E-state index contributed by atoms with van der Waals surface area (Å²) >= 11 is 52.1. The van der Waals surface area contributed by atoms with E-state index in [9.17, 15) is 28.0 Å². The molecule has 3 aromatic heterocycles. The largest absolute Gasteiger partial charge is 0.449 e. The molecule has 0 atom stereocenters. The highest BCUT2D eigenvalue weighted by molar-refractivity contribution is 6.42. The van der Waals surface area contributed by atoms with Gasteiger partial charge < -0.3 is 65.5 Å². The van der Waals surface area contributed by atoms with Crippen LogP contribution >= 0.6 is 92.8 Å². The van der Waals surface area contributed by atoms with Gasteiger partial charge in [-0.3, -0.25) is 24.4 Å². The Balaban J connectivity index is 0.000000175. The Morgan fingerprint density at radius 2 is 0.808 bits per heavy atom. The van der Waals surface area contributed by atoms with Crippen molar-refractivity contribution in [2.45, 2.75) is 61.8 Å². The molecule has 12 aromatic rings. The van der Waals surface area contributed by atoms with Crippen LogP contribution < -0.4 is 37.2 Å². The number of carbonyl (C=O) groups is 4. The lowest BCUT2D eigenvalue weighted by molar-refractivity contribution is 0.0374. The molecule has 0 bridgehead atoms. The number of morpholine rings is 1. The number of H-pyrrole nitrogens is 1. The first-order chi connectivity index (χ1) is 60.2. The number of ether oxygens (including phenoxy) is 2. The minimum Gasteiger partial charge on any atom is -0.449 e. The number of anilines is 8. The molecule has 1 saturated heterocycles. The molecule has 0 saturated carbocycles. The molecule has 8 N–H and O–H groups in total. The van der Waals surface area contributed by atoms with Crippen LogP contribution in [-0.4, -0.2) is 157 Å². The Labute approximate surface area is 765 Å². The lowest BCUT2D eigenvalue weighted by Crippen LogP contribution is -2.38. The number of nitrogens with one attached hydrogen (secondary N) is 8. The van der Waals surface area contributed by atoms with Crippen LogP contribution in [-0.2, 0) is 9.47 Å². The van der Waals surface area contributed by atoms with Gasteiger partial charge in [0, 0.05) is 74.8 Å². The summed E-state index contributed by atoms with van der Waals surface area (Å²) in [6, 6.07) is 45.6. The number of aromatic amines is 1. The molecule has 0 radical (unpaired) electrons. The van der Waals surface area contributed by atoms with Crippen LogP contribution in [0.15, 0.2) is 185 Å². The van der Waals surface area contributed by atoms with Gasteiger partial charge in [0.2, 0.25) is 0 Å². The maximum Gasteiger partial charge on any atom is 0.341 e. The monoisotopic (exact) mass is 1850 g/mol. The Morgan fingerprint density at radius 1 is 0.472 bits per heavy atom. The molecule has 0 spiro atoms. The van der Waals surface area contributed by atoms with E-state index in [1.54, 1.807) is 97.3 Å². The molecule has 13 rings (SSSR count). The molecule has 22 nitrogen and oxygen atoms in total. The van der Waals surface area contributed by atoms with Crippen LogP contribution in [0.4, 0.5) is 54.3 Å². The molecule has 32 heteroatoms. The molecular weight excluding hydrogens is 1760 g/mol. The fraction of sp³-hybridized carbons (Fsp3) is 0.258. The van der Waals surface area contributed by atoms with Crippen molar-refractivity contribution in [3.63, 3.8) is 0 Å². The number of amides is 3. The van der Waals surface area contributed by atoms with Gasteiger partial charge in [-0.05, 0) is 204 Å². The average Bonchev–Trinajstić information content (AvgIpc) is 1.77. The summed E-state index contributed by atoms with van der Waals surface area (Å²) in [6.45, 7) is 27.0. The lowest BCUT2D eigenvalue weighted by Gasteiger charge is -2.26. The molecular formula is C93H94Cl8F2N14O8. The summed E-state index contributed by atoms with van der Waals surface area (Å²) in [5, 5.41) is 39.4. The third-order valence-corrected chi connectivity index (χ3v) is 22.5. The lowest BCUT2D eigenvalue weighted by atomic mass is 10.0. The molecule has 1 fully saturated rings. The van der Waals surface area contributed by atoms with Crippen LogP contribution in [0, 0.1) is 51.7 Å². The first-order valence-corrected chi connectivity index (χ1v) is 43.2. The maximum atomic E-state index is 13.6. The van der Waals surface area contributed by atoms with Gasteiger partial charge in [-0.1, -0.05) is 185 Å².